The van der Waals surface area contributed by atoms with Crippen molar-refractivity contribution in [2.45, 2.75) is 31.8 Å². The number of nitrogens with zero attached hydrogens (tertiary/aromatic N) is 3. The number of aromatic nitrogens is 2. The van der Waals surface area contributed by atoms with Crippen molar-refractivity contribution in [3.8, 4) is 0 Å². The van der Waals surface area contributed by atoms with E-state index < -0.39 is 0 Å². The Hall–Kier alpha value is -1.99. The zero-order valence-electron chi connectivity index (χ0n) is 13.3. The number of anilines is 1. The fourth-order valence-electron chi connectivity index (χ4n) is 2.98. The molecule has 122 valence electrons. The van der Waals surface area contributed by atoms with Crippen LogP contribution in [0.3, 0.4) is 0 Å². The Kier molecular flexibility index (Phi) is 4.88. The van der Waals surface area contributed by atoms with Gasteiger partial charge in [0, 0.05) is 6.54 Å². The predicted molar refractivity (Wildman–Crippen MR) is 91.7 cm³/mol. The summed E-state index contributed by atoms with van der Waals surface area (Å²) >= 11 is 1.41. The summed E-state index contributed by atoms with van der Waals surface area (Å²) in [5, 5.41) is 15.3. The van der Waals surface area contributed by atoms with Crippen molar-refractivity contribution >= 4 is 22.5 Å². The maximum atomic E-state index is 12.2. The minimum Gasteiger partial charge on any atom is -0.333 e. The van der Waals surface area contributed by atoms with Crippen LogP contribution < -0.4 is 10.6 Å². The lowest BCUT2D eigenvalue weighted by atomic mass is 10.0. The molecule has 2 heterocycles. The summed E-state index contributed by atoms with van der Waals surface area (Å²) in [6, 6.07) is 10.4. The molecule has 2 atom stereocenters. The first-order chi connectivity index (χ1) is 11.2. The van der Waals surface area contributed by atoms with Crippen LogP contribution in [0.4, 0.5) is 9.93 Å². The molecular weight excluding hydrogens is 310 g/mol. The first kappa shape index (κ1) is 15.9. The van der Waals surface area contributed by atoms with Crippen LogP contribution in [-0.4, -0.2) is 40.8 Å². The van der Waals surface area contributed by atoms with Gasteiger partial charge in [0.2, 0.25) is 5.13 Å². The molecule has 1 fully saturated rings. The van der Waals surface area contributed by atoms with E-state index in [2.05, 4.69) is 44.9 Å². The molecule has 1 saturated heterocycles. The van der Waals surface area contributed by atoms with Crippen molar-refractivity contribution in [2.75, 3.05) is 18.9 Å². The molecule has 2 aromatic rings. The molecule has 1 aromatic carbocycles. The number of hydrogen-bond acceptors (Lipinski definition) is 5. The Morgan fingerprint density at radius 1 is 1.35 bits per heavy atom. The Bertz CT molecular complexity index is 660. The summed E-state index contributed by atoms with van der Waals surface area (Å²) in [5.74, 6) is 0. The Labute approximate surface area is 139 Å². The van der Waals surface area contributed by atoms with Crippen molar-refractivity contribution in [3.63, 3.8) is 0 Å². The van der Waals surface area contributed by atoms with Crippen LogP contribution in [0.1, 0.15) is 30.0 Å². The number of rotatable bonds is 4. The Morgan fingerprint density at radius 2 is 2.13 bits per heavy atom. The molecule has 7 heteroatoms. The zero-order valence-corrected chi connectivity index (χ0v) is 14.1. The van der Waals surface area contributed by atoms with Gasteiger partial charge < -0.3 is 5.32 Å². The molecule has 2 N–H and O–H groups in total. The highest BCUT2D eigenvalue weighted by molar-refractivity contribution is 7.15. The molecular formula is C16H21N5OS. The number of nitrogens with one attached hydrogen (secondary N) is 2. The van der Waals surface area contributed by atoms with E-state index in [1.165, 1.54) is 16.9 Å². The molecule has 2 amide bonds. The smallest absolute Gasteiger partial charge is 0.321 e. The minimum atomic E-state index is -0.218. The maximum Gasteiger partial charge on any atom is 0.321 e. The van der Waals surface area contributed by atoms with E-state index >= 15 is 0 Å². The van der Waals surface area contributed by atoms with E-state index in [1.54, 1.807) is 0 Å². The van der Waals surface area contributed by atoms with E-state index in [0.29, 0.717) is 5.13 Å². The Balaban J connectivity index is 1.65. The van der Waals surface area contributed by atoms with Crippen molar-refractivity contribution in [1.29, 1.82) is 0 Å². The number of likely N-dealkylation sites (N-methyl/N-ethyl adjacent to an activating group) is 1. The number of amides is 2. The van der Waals surface area contributed by atoms with E-state index in [9.17, 15) is 4.79 Å². The molecule has 0 bridgehead atoms. The number of benzene rings is 1. The summed E-state index contributed by atoms with van der Waals surface area (Å²) < 4.78 is 0. The van der Waals surface area contributed by atoms with Crippen LogP contribution in [0.5, 0.6) is 0 Å². The minimum absolute atomic E-state index is 0.0842. The largest absolute Gasteiger partial charge is 0.333 e. The van der Waals surface area contributed by atoms with E-state index in [0.717, 1.165) is 24.4 Å². The maximum absolute atomic E-state index is 12.2. The first-order valence-electron chi connectivity index (χ1n) is 7.82. The van der Waals surface area contributed by atoms with Gasteiger partial charge in [0.05, 0.1) is 12.1 Å². The van der Waals surface area contributed by atoms with E-state index in [4.69, 9.17) is 0 Å². The van der Waals surface area contributed by atoms with E-state index in [-0.39, 0.29) is 18.1 Å². The first-order valence-corrected chi connectivity index (χ1v) is 8.64. The molecule has 0 radical (unpaired) electrons. The van der Waals surface area contributed by atoms with Gasteiger partial charge in [0.25, 0.3) is 0 Å². The summed E-state index contributed by atoms with van der Waals surface area (Å²) in [5.41, 5.74) is 1.22. The van der Waals surface area contributed by atoms with Crippen molar-refractivity contribution in [1.82, 2.24) is 20.4 Å². The quantitative estimate of drug-likeness (QED) is 0.904. The summed E-state index contributed by atoms with van der Waals surface area (Å²) in [6.07, 6.45) is 1.75. The second kappa shape index (κ2) is 7.06. The van der Waals surface area contributed by atoms with Gasteiger partial charge in [-0.05, 0) is 25.5 Å². The van der Waals surface area contributed by atoms with Crippen LogP contribution in [0.25, 0.3) is 0 Å². The molecule has 1 aliphatic rings. The van der Waals surface area contributed by atoms with Crippen molar-refractivity contribution in [2.24, 2.45) is 0 Å². The Morgan fingerprint density at radius 3 is 2.83 bits per heavy atom. The highest BCUT2D eigenvalue weighted by Crippen LogP contribution is 2.30. The molecule has 1 aliphatic heterocycles. The zero-order chi connectivity index (χ0) is 16.2. The van der Waals surface area contributed by atoms with E-state index in [1.807, 2.05) is 25.1 Å². The number of urea groups is 1. The van der Waals surface area contributed by atoms with Crippen molar-refractivity contribution < 1.29 is 4.79 Å². The SMILES string of the molecule is CCc1nnc(NC(=O)N[C@H]2CCN(C)[C@H]2c2ccccc2)s1. The number of carbonyl (C=O) groups is 1. The van der Waals surface area contributed by atoms with Crippen molar-refractivity contribution in [3.05, 3.63) is 40.9 Å². The molecule has 23 heavy (non-hydrogen) atoms. The predicted octanol–water partition coefficient (Wildman–Crippen LogP) is 2.67. The second-order valence-electron chi connectivity index (χ2n) is 5.68. The number of hydrogen-bond donors (Lipinski definition) is 2. The number of carbonyl (C=O) groups excluding carboxylic acids is 1. The molecule has 6 nitrogen and oxygen atoms in total. The standard InChI is InChI=1S/C16H21N5OS/c1-3-13-19-20-16(23-13)18-15(22)17-12-9-10-21(2)14(12)11-7-5-4-6-8-11/h4-8,12,14H,3,9-10H2,1-2H3,(H2,17,18,20,22)/t12-,14-/m0/s1. The molecule has 0 saturated carbocycles. The van der Waals surface area contributed by atoms with Crippen LogP contribution in [0.2, 0.25) is 0 Å². The van der Waals surface area contributed by atoms with Gasteiger partial charge >= 0.3 is 6.03 Å². The highest BCUT2D eigenvalue weighted by Gasteiger charge is 2.34. The number of aryl methyl sites for hydroxylation is 1. The summed E-state index contributed by atoms with van der Waals surface area (Å²) in [7, 11) is 2.09. The average Bonchev–Trinajstić information content (AvgIpc) is 3.15. The average molecular weight is 331 g/mol. The summed E-state index contributed by atoms with van der Waals surface area (Å²) in [4.78, 5) is 14.5. The fraction of sp³-hybridized carbons (Fsp3) is 0.438. The van der Waals surface area contributed by atoms with Crippen LogP contribution >= 0.6 is 11.3 Å². The third kappa shape index (κ3) is 3.68. The molecule has 0 spiro atoms. The topological polar surface area (TPSA) is 70.1 Å². The summed E-state index contributed by atoms with van der Waals surface area (Å²) in [6.45, 7) is 2.98. The molecule has 1 aromatic heterocycles. The van der Waals surface area contributed by atoms with Gasteiger partial charge in [-0.2, -0.15) is 0 Å². The third-order valence-electron chi connectivity index (χ3n) is 4.10. The molecule has 0 aliphatic carbocycles. The monoisotopic (exact) mass is 331 g/mol. The van der Waals surface area contributed by atoms with Gasteiger partial charge in [-0.25, -0.2) is 4.79 Å². The number of likely N-dealkylation sites (tertiary alicyclic amines) is 1. The van der Waals surface area contributed by atoms with Gasteiger partial charge in [-0.3, -0.25) is 10.2 Å². The van der Waals surface area contributed by atoms with Crippen LogP contribution in [0, 0.1) is 0 Å². The lowest BCUT2D eigenvalue weighted by Gasteiger charge is -2.26. The second-order valence-corrected chi connectivity index (χ2v) is 6.75. The van der Waals surface area contributed by atoms with Gasteiger partial charge in [-0.15, -0.1) is 10.2 Å². The lowest BCUT2D eigenvalue weighted by Crippen LogP contribution is -2.41. The fourth-order valence-corrected chi connectivity index (χ4v) is 3.66. The molecule has 3 rings (SSSR count). The van der Waals surface area contributed by atoms with Gasteiger partial charge in [-0.1, -0.05) is 48.6 Å². The van der Waals surface area contributed by atoms with Crippen LogP contribution in [0.15, 0.2) is 30.3 Å². The highest BCUT2D eigenvalue weighted by atomic mass is 32.1. The van der Waals surface area contributed by atoms with Gasteiger partial charge in [0.15, 0.2) is 0 Å². The normalized spacial score (nSPS) is 21.3. The molecule has 0 unspecified atom stereocenters. The third-order valence-corrected chi connectivity index (χ3v) is 5.08. The van der Waals surface area contributed by atoms with Gasteiger partial charge in [0.1, 0.15) is 5.01 Å². The van der Waals surface area contributed by atoms with Crippen LogP contribution in [-0.2, 0) is 6.42 Å². The lowest BCUT2D eigenvalue weighted by molar-refractivity contribution is 0.240.